The average Bonchev–Trinajstić information content (AvgIpc) is 3.80. The Labute approximate surface area is 325 Å². The minimum absolute atomic E-state index is 0.00900. The topological polar surface area (TPSA) is 35.6 Å². The lowest BCUT2D eigenvalue weighted by atomic mass is 9.95. The highest BCUT2D eigenvalue weighted by Gasteiger charge is 2.26. The lowest BCUT2D eigenvalue weighted by molar-refractivity contribution is 0.647. The summed E-state index contributed by atoms with van der Waals surface area (Å²) in [5.41, 5.74) is 13.3. The smallest absolute Gasteiger partial charge is 0.160 e. The van der Waals surface area contributed by atoms with Crippen LogP contribution < -0.4 is 0 Å². The van der Waals surface area contributed by atoms with Crippen LogP contribution in [0.5, 0.6) is 0 Å². The highest BCUT2D eigenvalue weighted by Crippen LogP contribution is 2.43. The van der Waals surface area contributed by atoms with Crippen molar-refractivity contribution in [3.63, 3.8) is 0 Å². The number of fused-ring (bicyclic) bond motifs is 6. The summed E-state index contributed by atoms with van der Waals surface area (Å²) in [6, 6.07) is 66.9. The Morgan fingerprint density at radius 3 is 1.52 bits per heavy atom. The van der Waals surface area contributed by atoms with Crippen molar-refractivity contribution in [2.24, 2.45) is 0 Å². The quantitative estimate of drug-likeness (QED) is 0.172. The normalized spacial score (nSPS) is 14.4. The Kier molecular flexibility index (Phi) is 7.59. The van der Waals surface area contributed by atoms with Gasteiger partial charge >= 0.3 is 0 Å². The molecule has 0 bridgehead atoms. The van der Waals surface area contributed by atoms with Crippen molar-refractivity contribution in [1.29, 1.82) is 0 Å². The highest BCUT2D eigenvalue weighted by atomic mass is 15.1. The molecule has 0 fully saturated rings. The van der Waals surface area contributed by atoms with Crippen molar-refractivity contribution < 1.29 is 0 Å². The van der Waals surface area contributed by atoms with Gasteiger partial charge in [-0.2, -0.15) is 0 Å². The first kappa shape index (κ1) is 32.2. The number of nitrogens with zero attached hydrogens (tertiary/aromatic N) is 4. The van der Waals surface area contributed by atoms with Crippen LogP contribution in [-0.4, -0.2) is 19.1 Å². The monoisotopic (exact) mass is 716 g/mol. The second kappa shape index (κ2) is 13.2. The third kappa shape index (κ3) is 5.38. The number of benzene rings is 7. The third-order valence-electron chi connectivity index (χ3n) is 11.2. The van der Waals surface area contributed by atoms with E-state index in [1.54, 1.807) is 0 Å². The molecule has 1 atom stereocenters. The molecule has 0 N–H and O–H groups in total. The maximum Gasteiger partial charge on any atom is 0.160 e. The van der Waals surface area contributed by atoms with Crippen molar-refractivity contribution >= 4 is 54.9 Å². The predicted molar refractivity (Wildman–Crippen MR) is 233 cm³/mol. The van der Waals surface area contributed by atoms with Crippen molar-refractivity contribution in [2.75, 3.05) is 0 Å². The van der Waals surface area contributed by atoms with Crippen LogP contribution in [0.3, 0.4) is 0 Å². The number of allylic oxidation sites excluding steroid dienone is 4. The first-order chi connectivity index (χ1) is 27.8. The summed E-state index contributed by atoms with van der Waals surface area (Å²) in [4.78, 5) is 10.6. The van der Waals surface area contributed by atoms with E-state index < -0.39 is 0 Å². The van der Waals surface area contributed by atoms with Crippen LogP contribution in [0, 0.1) is 0 Å². The fourth-order valence-corrected chi connectivity index (χ4v) is 8.74. The van der Waals surface area contributed by atoms with Gasteiger partial charge in [0.05, 0.1) is 28.5 Å². The summed E-state index contributed by atoms with van der Waals surface area (Å²) in [5, 5.41) is 5.03. The summed E-state index contributed by atoms with van der Waals surface area (Å²) in [6.07, 6.45) is 5.60. The average molecular weight is 717 g/mol. The van der Waals surface area contributed by atoms with E-state index in [4.69, 9.17) is 9.97 Å². The Morgan fingerprint density at radius 2 is 0.893 bits per heavy atom. The Morgan fingerprint density at radius 1 is 0.411 bits per heavy atom. The van der Waals surface area contributed by atoms with Crippen LogP contribution in [0.25, 0.3) is 88.7 Å². The molecule has 56 heavy (non-hydrogen) atoms. The summed E-state index contributed by atoms with van der Waals surface area (Å²) in [6.45, 7) is 0. The van der Waals surface area contributed by atoms with E-state index >= 15 is 0 Å². The van der Waals surface area contributed by atoms with E-state index in [0.717, 1.165) is 40.1 Å². The van der Waals surface area contributed by atoms with Crippen molar-refractivity contribution in [1.82, 2.24) is 19.1 Å². The second-order valence-corrected chi connectivity index (χ2v) is 14.6. The lowest BCUT2D eigenvalue weighted by Gasteiger charge is -2.27. The molecule has 4 heteroatoms. The van der Waals surface area contributed by atoms with E-state index in [0.29, 0.717) is 5.82 Å². The molecular formula is C52H36N4. The molecule has 11 rings (SSSR count). The van der Waals surface area contributed by atoms with Gasteiger partial charge < -0.3 is 9.13 Å². The minimum Gasteiger partial charge on any atom is -0.333 e. The van der Waals surface area contributed by atoms with Gasteiger partial charge in [-0.25, -0.2) is 9.97 Å². The minimum atomic E-state index is 0.00900. The maximum absolute atomic E-state index is 5.37. The SMILES string of the molecule is C1=C(c2cc(-c3cccc(-c4ccccc4)c3)nc(-c3ccccc3)n2)C=C(n2c3ccccc3c3ccccc32)CC1n1c2ccccc2c2ccccc21. The van der Waals surface area contributed by atoms with Crippen LogP contribution in [0.1, 0.15) is 18.2 Å². The fraction of sp³-hybridized carbons (Fsp3) is 0.0385. The standard InChI is InChI=1S/C52H36N4/c1-3-16-35(17-4-1)37-20-15-21-38(30-37)46-34-47(54-52(53-46)36-18-5-2-6-19-36)39-31-40(55-48-26-11-7-22-42(48)43-23-8-12-27-49(43)55)33-41(32-39)56-50-28-13-9-24-44(50)45-25-10-14-29-51(45)56/h1-32,34,40H,33H2. The molecule has 7 aromatic carbocycles. The van der Waals surface area contributed by atoms with Crippen molar-refractivity contribution in [2.45, 2.75) is 12.5 Å². The van der Waals surface area contributed by atoms with Crippen LogP contribution in [-0.2, 0) is 0 Å². The van der Waals surface area contributed by atoms with E-state index in [-0.39, 0.29) is 6.04 Å². The number of hydrogen-bond donors (Lipinski definition) is 0. The van der Waals surface area contributed by atoms with Gasteiger partial charge in [0.1, 0.15) is 0 Å². The lowest BCUT2D eigenvalue weighted by Crippen LogP contribution is -2.14. The van der Waals surface area contributed by atoms with E-state index in [1.165, 1.54) is 54.9 Å². The van der Waals surface area contributed by atoms with Gasteiger partial charge in [-0.15, -0.1) is 0 Å². The molecule has 1 aliphatic rings. The summed E-state index contributed by atoms with van der Waals surface area (Å²) in [7, 11) is 0. The van der Waals surface area contributed by atoms with Crippen LogP contribution >= 0.6 is 0 Å². The molecule has 4 nitrogen and oxygen atoms in total. The van der Waals surface area contributed by atoms with Gasteiger partial charge in [0, 0.05) is 61.4 Å². The number of aromatic nitrogens is 4. The van der Waals surface area contributed by atoms with Gasteiger partial charge in [0.25, 0.3) is 0 Å². The first-order valence-corrected chi connectivity index (χ1v) is 19.3. The molecule has 3 heterocycles. The molecule has 3 aromatic heterocycles. The molecule has 0 saturated carbocycles. The molecule has 0 saturated heterocycles. The molecule has 1 unspecified atom stereocenters. The largest absolute Gasteiger partial charge is 0.333 e. The molecule has 0 aliphatic heterocycles. The number of para-hydroxylation sites is 4. The van der Waals surface area contributed by atoms with E-state index in [2.05, 4.69) is 203 Å². The van der Waals surface area contributed by atoms with Crippen LogP contribution in [0.4, 0.5) is 0 Å². The predicted octanol–water partition coefficient (Wildman–Crippen LogP) is 13.3. The van der Waals surface area contributed by atoms with Gasteiger partial charge in [0.2, 0.25) is 0 Å². The Hall–Kier alpha value is -7.30. The first-order valence-electron chi connectivity index (χ1n) is 19.3. The molecule has 0 spiro atoms. The van der Waals surface area contributed by atoms with Crippen LogP contribution in [0.2, 0.25) is 0 Å². The molecule has 264 valence electrons. The highest BCUT2D eigenvalue weighted by molar-refractivity contribution is 6.11. The van der Waals surface area contributed by atoms with Crippen molar-refractivity contribution in [3.8, 4) is 33.8 Å². The Bertz CT molecular complexity index is 3060. The van der Waals surface area contributed by atoms with Gasteiger partial charge in [0.15, 0.2) is 5.82 Å². The number of rotatable bonds is 6. The zero-order valence-electron chi connectivity index (χ0n) is 30.6. The zero-order chi connectivity index (χ0) is 37.0. The van der Waals surface area contributed by atoms with Crippen LogP contribution in [0.15, 0.2) is 200 Å². The van der Waals surface area contributed by atoms with Gasteiger partial charge in [-0.1, -0.05) is 158 Å². The summed E-state index contributed by atoms with van der Waals surface area (Å²) >= 11 is 0. The van der Waals surface area contributed by atoms with E-state index in [1.807, 2.05) is 6.07 Å². The van der Waals surface area contributed by atoms with Gasteiger partial charge in [-0.05, 0) is 53.6 Å². The zero-order valence-corrected chi connectivity index (χ0v) is 30.6. The maximum atomic E-state index is 5.37. The molecule has 10 aromatic rings. The fourth-order valence-electron chi connectivity index (χ4n) is 8.74. The molecule has 0 amide bonds. The summed E-state index contributed by atoms with van der Waals surface area (Å²) < 4.78 is 5.01. The summed E-state index contributed by atoms with van der Waals surface area (Å²) in [5.74, 6) is 0.704. The van der Waals surface area contributed by atoms with E-state index in [9.17, 15) is 0 Å². The third-order valence-corrected chi connectivity index (χ3v) is 11.2. The molecular weight excluding hydrogens is 681 g/mol. The van der Waals surface area contributed by atoms with Crippen molar-refractivity contribution in [3.05, 3.63) is 206 Å². The second-order valence-electron chi connectivity index (χ2n) is 14.6. The Balaban J connectivity index is 1.17. The number of hydrogen-bond acceptors (Lipinski definition) is 2. The molecule has 1 aliphatic carbocycles. The molecule has 0 radical (unpaired) electrons. The van der Waals surface area contributed by atoms with Gasteiger partial charge in [-0.3, -0.25) is 0 Å².